The summed E-state index contributed by atoms with van der Waals surface area (Å²) < 4.78 is 52.6. The molecule has 0 amide bonds. The van der Waals surface area contributed by atoms with Crippen molar-refractivity contribution in [3.8, 4) is 17.2 Å². The predicted molar refractivity (Wildman–Crippen MR) is 140 cm³/mol. The predicted octanol–water partition coefficient (Wildman–Crippen LogP) is 6.78. The fourth-order valence-corrected chi connectivity index (χ4v) is 4.05. The van der Waals surface area contributed by atoms with Crippen LogP contribution in [0.2, 0.25) is 0 Å². The zero-order valence-electron chi connectivity index (χ0n) is 21.1. The minimum atomic E-state index is -1.25. The molecule has 0 aliphatic heterocycles. The van der Waals surface area contributed by atoms with Crippen molar-refractivity contribution in [1.82, 2.24) is 0 Å². The summed E-state index contributed by atoms with van der Waals surface area (Å²) >= 11 is 0. The molecule has 0 aromatic heterocycles. The summed E-state index contributed by atoms with van der Waals surface area (Å²) in [5, 5.41) is 20.3. The Morgan fingerprint density at radius 3 is 2.33 bits per heavy atom. The Morgan fingerprint density at radius 1 is 0.925 bits per heavy atom. The van der Waals surface area contributed by atoms with Crippen molar-refractivity contribution in [3.63, 3.8) is 0 Å². The SMILES string of the molecule is Cc1c(N(Cc2ccc(Oc3ccc(F)c(OCC(=O)O)c3)cc2)Cc2ccc(F)cc2F)cccc1[N+](=O)[O-]. The summed E-state index contributed by atoms with van der Waals surface area (Å²) in [5.74, 6) is -3.10. The third kappa shape index (κ3) is 6.87. The molecule has 4 aromatic carbocycles. The minimum Gasteiger partial charge on any atom is -0.479 e. The first-order chi connectivity index (χ1) is 19.1. The lowest BCUT2D eigenvalue weighted by molar-refractivity contribution is -0.385. The van der Waals surface area contributed by atoms with Gasteiger partial charge in [-0.15, -0.1) is 0 Å². The third-order valence-electron chi connectivity index (χ3n) is 5.98. The summed E-state index contributed by atoms with van der Waals surface area (Å²) in [6.07, 6.45) is 0. The molecule has 4 rings (SSSR count). The normalized spacial score (nSPS) is 10.7. The van der Waals surface area contributed by atoms with Crippen molar-refractivity contribution in [1.29, 1.82) is 0 Å². The number of hydrogen-bond donors (Lipinski definition) is 1. The molecule has 0 spiro atoms. The van der Waals surface area contributed by atoms with Gasteiger partial charge >= 0.3 is 5.97 Å². The van der Waals surface area contributed by atoms with Crippen molar-refractivity contribution in [2.75, 3.05) is 11.5 Å². The second-order valence-corrected chi connectivity index (χ2v) is 8.79. The summed E-state index contributed by atoms with van der Waals surface area (Å²) in [6.45, 7) is 1.14. The molecule has 0 unspecified atom stereocenters. The van der Waals surface area contributed by atoms with Gasteiger partial charge in [0.1, 0.15) is 23.1 Å². The lowest BCUT2D eigenvalue weighted by Gasteiger charge is -2.27. The molecule has 4 aromatic rings. The molecule has 1 N–H and O–H groups in total. The van der Waals surface area contributed by atoms with Crippen LogP contribution in [0.4, 0.5) is 24.5 Å². The maximum atomic E-state index is 14.5. The Kier molecular flexibility index (Phi) is 8.53. The largest absolute Gasteiger partial charge is 0.479 e. The highest BCUT2D eigenvalue weighted by Gasteiger charge is 2.20. The number of nitro groups is 1. The van der Waals surface area contributed by atoms with Crippen LogP contribution in [-0.4, -0.2) is 22.6 Å². The maximum Gasteiger partial charge on any atom is 0.341 e. The fraction of sp³-hybridized carbons (Fsp3) is 0.138. The summed E-state index contributed by atoms with van der Waals surface area (Å²) in [4.78, 5) is 23.5. The topological polar surface area (TPSA) is 102 Å². The highest BCUT2D eigenvalue weighted by atomic mass is 19.1. The lowest BCUT2D eigenvalue weighted by Crippen LogP contribution is -2.24. The average molecular weight is 553 g/mol. The van der Waals surface area contributed by atoms with Crippen LogP contribution in [0.3, 0.4) is 0 Å². The number of ether oxygens (including phenoxy) is 2. The van der Waals surface area contributed by atoms with Gasteiger partial charge in [0, 0.05) is 42.5 Å². The Balaban J connectivity index is 1.57. The van der Waals surface area contributed by atoms with Gasteiger partial charge in [0.25, 0.3) is 5.69 Å². The van der Waals surface area contributed by atoms with Crippen molar-refractivity contribution in [2.45, 2.75) is 20.0 Å². The van der Waals surface area contributed by atoms with E-state index in [-0.39, 0.29) is 35.8 Å². The Bertz CT molecular complexity index is 1550. The number of nitro benzene ring substituents is 1. The number of benzene rings is 4. The van der Waals surface area contributed by atoms with E-state index in [1.54, 1.807) is 48.2 Å². The van der Waals surface area contributed by atoms with Crippen LogP contribution < -0.4 is 14.4 Å². The molecule has 0 saturated carbocycles. The third-order valence-corrected chi connectivity index (χ3v) is 5.98. The van der Waals surface area contributed by atoms with E-state index in [0.717, 1.165) is 23.8 Å². The van der Waals surface area contributed by atoms with Gasteiger partial charge in [-0.25, -0.2) is 18.0 Å². The van der Waals surface area contributed by atoms with Crippen LogP contribution in [0.15, 0.2) is 78.9 Å². The first kappa shape index (κ1) is 28.0. The van der Waals surface area contributed by atoms with Crippen molar-refractivity contribution >= 4 is 17.3 Å². The van der Waals surface area contributed by atoms with Gasteiger partial charge in [-0.2, -0.15) is 0 Å². The molecular weight excluding hydrogens is 529 g/mol. The van der Waals surface area contributed by atoms with Gasteiger partial charge in [0.2, 0.25) is 0 Å². The van der Waals surface area contributed by atoms with Gasteiger partial charge in [-0.1, -0.05) is 24.3 Å². The zero-order chi connectivity index (χ0) is 28.8. The first-order valence-corrected chi connectivity index (χ1v) is 11.9. The van der Waals surface area contributed by atoms with Gasteiger partial charge in [0.15, 0.2) is 18.2 Å². The number of carbonyl (C=O) groups is 1. The van der Waals surface area contributed by atoms with Crippen LogP contribution in [0.5, 0.6) is 17.2 Å². The quantitative estimate of drug-likeness (QED) is 0.162. The van der Waals surface area contributed by atoms with E-state index >= 15 is 0 Å². The van der Waals surface area contributed by atoms with E-state index in [2.05, 4.69) is 0 Å². The van der Waals surface area contributed by atoms with E-state index in [1.807, 2.05) is 0 Å². The molecule has 206 valence electrons. The fourth-order valence-electron chi connectivity index (χ4n) is 4.05. The number of carboxylic acids is 1. The van der Waals surface area contributed by atoms with E-state index in [4.69, 9.17) is 14.6 Å². The van der Waals surface area contributed by atoms with Crippen LogP contribution >= 0.6 is 0 Å². The molecule has 40 heavy (non-hydrogen) atoms. The molecule has 8 nitrogen and oxygen atoms in total. The van der Waals surface area contributed by atoms with Gasteiger partial charge < -0.3 is 19.5 Å². The zero-order valence-corrected chi connectivity index (χ0v) is 21.1. The molecule has 0 atom stereocenters. The van der Waals surface area contributed by atoms with E-state index in [1.165, 1.54) is 24.3 Å². The molecule has 0 radical (unpaired) electrons. The molecule has 0 heterocycles. The van der Waals surface area contributed by atoms with Crippen LogP contribution in [0.25, 0.3) is 0 Å². The van der Waals surface area contributed by atoms with Crippen molar-refractivity contribution in [2.24, 2.45) is 0 Å². The Labute approximate surface area is 227 Å². The molecular formula is C29H23F3N2O6. The number of halogens is 3. The summed E-state index contributed by atoms with van der Waals surface area (Å²) in [7, 11) is 0. The van der Waals surface area contributed by atoms with E-state index in [0.29, 0.717) is 17.0 Å². The van der Waals surface area contributed by atoms with Gasteiger partial charge in [-0.05, 0) is 48.9 Å². The number of nitrogens with zero attached hydrogens (tertiary/aromatic N) is 2. The van der Waals surface area contributed by atoms with Crippen molar-refractivity contribution in [3.05, 3.63) is 123 Å². The van der Waals surface area contributed by atoms with Crippen LogP contribution in [-0.2, 0) is 17.9 Å². The highest BCUT2D eigenvalue weighted by molar-refractivity contribution is 5.68. The highest BCUT2D eigenvalue weighted by Crippen LogP contribution is 2.32. The second kappa shape index (κ2) is 12.2. The van der Waals surface area contributed by atoms with Crippen molar-refractivity contribution < 1.29 is 37.5 Å². The molecule has 0 aliphatic carbocycles. The van der Waals surface area contributed by atoms with Gasteiger partial charge in [-0.3, -0.25) is 10.1 Å². The number of carboxylic acid groups (broad SMARTS) is 1. The van der Waals surface area contributed by atoms with E-state index in [9.17, 15) is 28.1 Å². The Morgan fingerprint density at radius 2 is 1.65 bits per heavy atom. The summed E-state index contributed by atoms with van der Waals surface area (Å²) in [5.41, 5.74) is 1.79. The maximum absolute atomic E-state index is 14.5. The molecule has 0 saturated heterocycles. The van der Waals surface area contributed by atoms with E-state index < -0.39 is 35.0 Å². The molecule has 11 heteroatoms. The number of rotatable bonds is 11. The number of anilines is 1. The standard InChI is InChI=1S/C29H23F3N2O6/c1-18-26(3-2-4-27(18)34(37)38)33(16-20-7-8-21(30)13-25(20)32)15-19-5-9-22(10-6-19)40-23-11-12-24(31)28(14-23)39-17-29(35)36/h2-14H,15-17H2,1H3,(H,35,36). The summed E-state index contributed by atoms with van der Waals surface area (Å²) in [6, 6.07) is 18.3. The van der Waals surface area contributed by atoms with Gasteiger partial charge in [0.05, 0.1) is 10.5 Å². The minimum absolute atomic E-state index is 0.0150. The molecule has 0 bridgehead atoms. The second-order valence-electron chi connectivity index (χ2n) is 8.79. The average Bonchev–Trinajstić information content (AvgIpc) is 2.91. The van der Waals surface area contributed by atoms with Crippen LogP contribution in [0, 0.1) is 34.5 Å². The number of aliphatic carboxylic acids is 1. The monoisotopic (exact) mass is 552 g/mol. The molecule has 0 fully saturated rings. The lowest BCUT2D eigenvalue weighted by atomic mass is 10.1. The van der Waals surface area contributed by atoms with Crippen LogP contribution in [0.1, 0.15) is 16.7 Å². The molecule has 0 aliphatic rings. The first-order valence-electron chi connectivity index (χ1n) is 11.9. The number of hydrogen-bond acceptors (Lipinski definition) is 6. The Hall–Kier alpha value is -5.06. The smallest absolute Gasteiger partial charge is 0.341 e.